The van der Waals surface area contributed by atoms with Crippen LogP contribution < -0.4 is 10.1 Å². The number of carbonyl (C=O) groups excluding carboxylic acids is 1. The largest absolute Gasteiger partial charge is 0.494 e. The van der Waals surface area contributed by atoms with Crippen LogP contribution in [-0.4, -0.2) is 42.2 Å². The number of carbonyl (C=O) groups is 1. The molecule has 1 aliphatic heterocycles. The lowest BCUT2D eigenvalue weighted by atomic mass is 9.84. The molecule has 0 radical (unpaired) electrons. The number of hydrogen-bond donors (Lipinski definition) is 2. The standard InChI is InChI=1S/C22H28N2O3/c1-2-27-20-10-8-19(9-11-20)23-21(25)12-15-24-16-13-22(26,14-17-24)18-6-4-3-5-7-18/h3-11,26H,2,12-17H2,1H3,(H,23,25). The summed E-state index contributed by atoms with van der Waals surface area (Å²) in [6.45, 7) is 4.86. The van der Waals surface area contributed by atoms with Crippen LogP contribution in [0, 0.1) is 0 Å². The van der Waals surface area contributed by atoms with Crippen molar-refractivity contribution < 1.29 is 14.6 Å². The van der Waals surface area contributed by atoms with E-state index in [-0.39, 0.29) is 5.91 Å². The zero-order valence-electron chi connectivity index (χ0n) is 15.9. The summed E-state index contributed by atoms with van der Waals surface area (Å²) < 4.78 is 5.40. The van der Waals surface area contributed by atoms with Crippen molar-refractivity contribution in [3.63, 3.8) is 0 Å². The first kappa shape index (κ1) is 19.4. The Morgan fingerprint density at radius 3 is 2.41 bits per heavy atom. The average molecular weight is 368 g/mol. The lowest BCUT2D eigenvalue weighted by Crippen LogP contribution is -2.43. The third-order valence-corrected chi connectivity index (χ3v) is 5.10. The highest BCUT2D eigenvalue weighted by atomic mass is 16.5. The lowest BCUT2D eigenvalue weighted by molar-refractivity contribution is -0.116. The second-order valence-corrected chi connectivity index (χ2v) is 6.99. The van der Waals surface area contributed by atoms with Gasteiger partial charge in [0.1, 0.15) is 5.75 Å². The molecule has 1 aliphatic rings. The van der Waals surface area contributed by atoms with Gasteiger partial charge in [0.05, 0.1) is 12.2 Å². The number of hydrogen-bond acceptors (Lipinski definition) is 4. The number of rotatable bonds is 7. The molecule has 2 aromatic carbocycles. The summed E-state index contributed by atoms with van der Waals surface area (Å²) in [6.07, 6.45) is 1.83. The van der Waals surface area contributed by atoms with Gasteiger partial charge in [-0.15, -0.1) is 0 Å². The molecule has 0 spiro atoms. The molecule has 3 rings (SSSR count). The summed E-state index contributed by atoms with van der Waals surface area (Å²) in [7, 11) is 0. The molecule has 0 atom stereocenters. The van der Waals surface area contributed by atoms with Gasteiger partial charge in [-0.3, -0.25) is 4.79 Å². The zero-order chi connectivity index (χ0) is 19.1. The van der Waals surface area contributed by atoms with Gasteiger partial charge in [-0.1, -0.05) is 30.3 Å². The summed E-state index contributed by atoms with van der Waals surface area (Å²) in [5.74, 6) is 0.803. The first-order chi connectivity index (χ1) is 13.1. The minimum atomic E-state index is -0.748. The minimum Gasteiger partial charge on any atom is -0.494 e. The van der Waals surface area contributed by atoms with Crippen molar-refractivity contribution in [1.82, 2.24) is 4.90 Å². The molecule has 1 saturated heterocycles. The van der Waals surface area contributed by atoms with E-state index in [2.05, 4.69) is 10.2 Å². The van der Waals surface area contributed by atoms with Gasteiger partial charge < -0.3 is 20.1 Å². The SMILES string of the molecule is CCOc1ccc(NC(=O)CCN2CCC(O)(c3ccccc3)CC2)cc1. The van der Waals surface area contributed by atoms with Crippen molar-refractivity contribution in [2.24, 2.45) is 0 Å². The Balaban J connectivity index is 1.42. The highest BCUT2D eigenvalue weighted by Crippen LogP contribution is 2.32. The van der Waals surface area contributed by atoms with Crippen LogP contribution in [0.25, 0.3) is 0 Å². The van der Waals surface area contributed by atoms with Crippen molar-refractivity contribution >= 4 is 11.6 Å². The lowest BCUT2D eigenvalue weighted by Gasteiger charge is -2.38. The first-order valence-electron chi connectivity index (χ1n) is 9.62. The summed E-state index contributed by atoms with van der Waals surface area (Å²) in [6, 6.07) is 17.3. The second-order valence-electron chi connectivity index (χ2n) is 6.99. The van der Waals surface area contributed by atoms with Crippen molar-refractivity contribution in [2.75, 3.05) is 31.6 Å². The number of nitrogens with zero attached hydrogens (tertiary/aromatic N) is 1. The molecule has 1 heterocycles. The molecule has 5 heteroatoms. The van der Waals surface area contributed by atoms with E-state index >= 15 is 0 Å². The molecular formula is C22H28N2O3. The molecule has 5 nitrogen and oxygen atoms in total. The summed E-state index contributed by atoms with van der Waals surface area (Å²) in [4.78, 5) is 14.4. The van der Waals surface area contributed by atoms with E-state index in [1.165, 1.54) is 0 Å². The van der Waals surface area contributed by atoms with Crippen LogP contribution in [0.1, 0.15) is 31.7 Å². The monoisotopic (exact) mass is 368 g/mol. The number of amides is 1. The molecule has 0 aliphatic carbocycles. The van der Waals surface area contributed by atoms with Gasteiger partial charge in [-0.25, -0.2) is 0 Å². The molecule has 0 aromatic heterocycles. The molecule has 0 bridgehead atoms. The maximum atomic E-state index is 12.2. The van der Waals surface area contributed by atoms with E-state index in [1.807, 2.05) is 61.5 Å². The Labute approximate surface area is 161 Å². The van der Waals surface area contributed by atoms with E-state index in [4.69, 9.17) is 4.74 Å². The molecule has 2 aromatic rings. The number of likely N-dealkylation sites (tertiary alicyclic amines) is 1. The minimum absolute atomic E-state index is 0.00283. The van der Waals surface area contributed by atoms with E-state index in [0.29, 0.717) is 32.4 Å². The van der Waals surface area contributed by atoms with Crippen LogP contribution in [0.3, 0.4) is 0 Å². The van der Waals surface area contributed by atoms with Crippen molar-refractivity contribution in [1.29, 1.82) is 0 Å². The number of piperidine rings is 1. The summed E-state index contributed by atoms with van der Waals surface area (Å²) in [5, 5.41) is 13.8. The van der Waals surface area contributed by atoms with Gasteiger partial charge >= 0.3 is 0 Å². The number of benzene rings is 2. The molecule has 0 saturated carbocycles. The van der Waals surface area contributed by atoms with Gasteiger partial charge in [0.15, 0.2) is 0 Å². The second kappa shape index (κ2) is 9.02. The highest BCUT2D eigenvalue weighted by Gasteiger charge is 2.33. The smallest absolute Gasteiger partial charge is 0.225 e. The van der Waals surface area contributed by atoms with E-state index < -0.39 is 5.60 Å². The molecule has 144 valence electrons. The van der Waals surface area contributed by atoms with Crippen molar-refractivity contribution in [3.05, 3.63) is 60.2 Å². The highest BCUT2D eigenvalue weighted by molar-refractivity contribution is 5.90. The van der Waals surface area contributed by atoms with E-state index in [9.17, 15) is 9.90 Å². The molecule has 27 heavy (non-hydrogen) atoms. The van der Waals surface area contributed by atoms with Gasteiger partial charge in [-0.2, -0.15) is 0 Å². The molecule has 2 N–H and O–H groups in total. The number of anilines is 1. The van der Waals surface area contributed by atoms with Gasteiger partial charge in [0.25, 0.3) is 0 Å². The summed E-state index contributed by atoms with van der Waals surface area (Å²) >= 11 is 0. The Morgan fingerprint density at radius 2 is 1.78 bits per heavy atom. The Bertz CT molecular complexity index is 723. The maximum Gasteiger partial charge on any atom is 0.225 e. The predicted octanol–water partition coefficient (Wildman–Crippen LogP) is 3.40. The molecule has 1 fully saturated rings. The summed E-state index contributed by atoms with van der Waals surface area (Å²) in [5.41, 5.74) is 1.01. The van der Waals surface area contributed by atoms with Gasteiger partial charge in [0.2, 0.25) is 5.91 Å². The quantitative estimate of drug-likeness (QED) is 0.786. The zero-order valence-corrected chi connectivity index (χ0v) is 15.9. The average Bonchev–Trinajstić information content (AvgIpc) is 2.70. The fourth-order valence-corrected chi connectivity index (χ4v) is 3.47. The van der Waals surface area contributed by atoms with Crippen LogP contribution in [0.2, 0.25) is 0 Å². The number of aliphatic hydroxyl groups is 1. The number of ether oxygens (including phenoxy) is 1. The molecule has 0 unspecified atom stereocenters. The van der Waals surface area contributed by atoms with E-state index in [1.54, 1.807) is 0 Å². The fourth-order valence-electron chi connectivity index (χ4n) is 3.47. The van der Waals surface area contributed by atoms with E-state index in [0.717, 1.165) is 30.1 Å². The fraction of sp³-hybridized carbons (Fsp3) is 0.409. The first-order valence-corrected chi connectivity index (χ1v) is 9.62. The van der Waals surface area contributed by atoms with Crippen LogP contribution in [0.15, 0.2) is 54.6 Å². The van der Waals surface area contributed by atoms with Gasteiger partial charge in [0, 0.05) is 31.7 Å². The Hall–Kier alpha value is -2.37. The van der Waals surface area contributed by atoms with Crippen LogP contribution >= 0.6 is 0 Å². The Kier molecular flexibility index (Phi) is 6.48. The molecule has 1 amide bonds. The normalized spacial score (nSPS) is 16.7. The molecular weight excluding hydrogens is 340 g/mol. The topological polar surface area (TPSA) is 61.8 Å². The Morgan fingerprint density at radius 1 is 1.11 bits per heavy atom. The van der Waals surface area contributed by atoms with Crippen LogP contribution in [-0.2, 0) is 10.4 Å². The third-order valence-electron chi connectivity index (χ3n) is 5.10. The third kappa shape index (κ3) is 5.31. The number of nitrogens with one attached hydrogen (secondary N) is 1. The van der Waals surface area contributed by atoms with Crippen LogP contribution in [0.4, 0.5) is 5.69 Å². The van der Waals surface area contributed by atoms with Crippen LogP contribution in [0.5, 0.6) is 5.75 Å². The van der Waals surface area contributed by atoms with Crippen molar-refractivity contribution in [2.45, 2.75) is 31.8 Å². The predicted molar refractivity (Wildman–Crippen MR) is 107 cm³/mol. The van der Waals surface area contributed by atoms with Crippen molar-refractivity contribution in [3.8, 4) is 5.75 Å². The maximum absolute atomic E-state index is 12.2. The van der Waals surface area contributed by atoms with Gasteiger partial charge in [-0.05, 0) is 49.6 Å².